The number of likely N-dealkylation sites (tertiary alicyclic amines) is 1. The molecule has 0 saturated carbocycles. The molecule has 18 heavy (non-hydrogen) atoms. The summed E-state index contributed by atoms with van der Waals surface area (Å²) in [5.41, 5.74) is 0. The van der Waals surface area contributed by atoms with Gasteiger partial charge in [-0.25, -0.2) is 9.59 Å². The van der Waals surface area contributed by atoms with Gasteiger partial charge in [-0.05, 0) is 32.1 Å². The summed E-state index contributed by atoms with van der Waals surface area (Å²) in [5.74, 6) is -0.920. The highest BCUT2D eigenvalue weighted by molar-refractivity contribution is 5.83. The number of hydrogen-bond acceptors (Lipinski definition) is 3. The van der Waals surface area contributed by atoms with E-state index in [2.05, 4.69) is 5.32 Å². The Bertz CT molecular complexity index is 315. The van der Waals surface area contributed by atoms with Gasteiger partial charge < -0.3 is 20.1 Å². The predicted octanol–water partition coefficient (Wildman–Crippen LogP) is 0.814. The third-order valence-electron chi connectivity index (χ3n) is 3.55. The molecule has 2 atom stereocenters. The van der Waals surface area contributed by atoms with E-state index < -0.39 is 12.0 Å². The minimum atomic E-state index is -0.920. The normalized spacial score (nSPS) is 28.1. The van der Waals surface area contributed by atoms with Crippen LogP contribution >= 0.6 is 0 Å². The van der Waals surface area contributed by atoms with Gasteiger partial charge in [0.05, 0.1) is 6.10 Å². The van der Waals surface area contributed by atoms with Gasteiger partial charge in [0.25, 0.3) is 0 Å². The molecule has 2 N–H and O–H groups in total. The Morgan fingerprint density at radius 1 is 1.28 bits per heavy atom. The van der Waals surface area contributed by atoms with E-state index in [0.717, 1.165) is 32.3 Å². The van der Waals surface area contributed by atoms with Gasteiger partial charge in [0, 0.05) is 19.7 Å². The fourth-order valence-electron chi connectivity index (χ4n) is 2.54. The monoisotopic (exact) mass is 256 g/mol. The number of carboxylic acid groups (broad SMARTS) is 1. The molecular weight excluding hydrogens is 236 g/mol. The number of amides is 2. The van der Waals surface area contributed by atoms with Gasteiger partial charge in [-0.15, -0.1) is 0 Å². The van der Waals surface area contributed by atoms with Crippen LogP contribution in [0.3, 0.4) is 0 Å². The lowest BCUT2D eigenvalue weighted by atomic mass is 10.1. The summed E-state index contributed by atoms with van der Waals surface area (Å²) in [4.78, 5) is 24.3. The van der Waals surface area contributed by atoms with Gasteiger partial charge in [0.2, 0.25) is 0 Å². The number of nitrogens with zero attached hydrogens (tertiary/aromatic N) is 1. The van der Waals surface area contributed by atoms with Gasteiger partial charge in [-0.2, -0.15) is 0 Å². The van der Waals surface area contributed by atoms with E-state index in [1.54, 1.807) is 0 Å². The van der Waals surface area contributed by atoms with Crippen molar-refractivity contribution in [2.75, 3.05) is 19.7 Å². The van der Waals surface area contributed by atoms with Gasteiger partial charge in [-0.3, -0.25) is 0 Å². The highest BCUT2D eigenvalue weighted by atomic mass is 16.5. The van der Waals surface area contributed by atoms with Crippen LogP contribution in [-0.4, -0.2) is 53.8 Å². The smallest absolute Gasteiger partial charge is 0.326 e. The zero-order chi connectivity index (χ0) is 13.0. The molecule has 6 nitrogen and oxygen atoms in total. The second-order valence-electron chi connectivity index (χ2n) is 4.86. The molecule has 2 rings (SSSR count). The van der Waals surface area contributed by atoms with E-state index in [1.165, 1.54) is 4.90 Å². The Morgan fingerprint density at radius 2 is 2.11 bits per heavy atom. The van der Waals surface area contributed by atoms with Crippen molar-refractivity contribution in [2.45, 2.75) is 44.2 Å². The standard InChI is InChI=1S/C12H20N2O4/c15-11(16)10-5-3-6-14(10)12(17)13-8-9-4-1-2-7-18-9/h9-10H,1-8H2,(H,13,17)(H,15,16). The van der Waals surface area contributed by atoms with Crippen molar-refractivity contribution in [3.05, 3.63) is 0 Å². The zero-order valence-corrected chi connectivity index (χ0v) is 10.4. The number of aliphatic carboxylic acids is 1. The minimum absolute atomic E-state index is 0.0774. The molecule has 2 unspecified atom stereocenters. The molecule has 0 bridgehead atoms. The quantitative estimate of drug-likeness (QED) is 0.783. The lowest BCUT2D eigenvalue weighted by molar-refractivity contribution is -0.141. The Labute approximate surface area is 106 Å². The minimum Gasteiger partial charge on any atom is -0.480 e. The molecule has 2 amide bonds. The molecule has 2 aliphatic rings. The fraction of sp³-hybridized carbons (Fsp3) is 0.833. The number of carboxylic acids is 1. The van der Waals surface area contributed by atoms with Crippen molar-refractivity contribution in [1.82, 2.24) is 10.2 Å². The van der Waals surface area contributed by atoms with Crippen molar-refractivity contribution in [3.8, 4) is 0 Å². The van der Waals surface area contributed by atoms with E-state index in [1.807, 2.05) is 0 Å². The van der Waals surface area contributed by atoms with Crippen LogP contribution in [-0.2, 0) is 9.53 Å². The Morgan fingerprint density at radius 3 is 2.78 bits per heavy atom. The predicted molar refractivity (Wildman–Crippen MR) is 64.4 cm³/mol. The summed E-state index contributed by atoms with van der Waals surface area (Å²) in [6, 6.07) is -0.952. The molecule has 2 heterocycles. The van der Waals surface area contributed by atoms with Crippen LogP contribution in [0.5, 0.6) is 0 Å². The zero-order valence-electron chi connectivity index (χ0n) is 10.4. The number of rotatable bonds is 3. The van der Waals surface area contributed by atoms with Crippen LogP contribution in [0.15, 0.2) is 0 Å². The van der Waals surface area contributed by atoms with Crippen LogP contribution in [0.1, 0.15) is 32.1 Å². The Kier molecular flexibility index (Phi) is 4.41. The first-order chi connectivity index (χ1) is 8.68. The van der Waals surface area contributed by atoms with Gasteiger partial charge in [0.15, 0.2) is 0 Å². The van der Waals surface area contributed by atoms with E-state index in [0.29, 0.717) is 19.5 Å². The average molecular weight is 256 g/mol. The largest absolute Gasteiger partial charge is 0.480 e. The molecule has 0 aromatic rings. The maximum Gasteiger partial charge on any atom is 0.326 e. The van der Waals surface area contributed by atoms with Crippen LogP contribution < -0.4 is 5.32 Å². The molecule has 0 aromatic carbocycles. The van der Waals surface area contributed by atoms with Crippen molar-refractivity contribution in [1.29, 1.82) is 0 Å². The first-order valence-corrected chi connectivity index (χ1v) is 6.57. The van der Waals surface area contributed by atoms with Crippen LogP contribution in [0.2, 0.25) is 0 Å². The van der Waals surface area contributed by atoms with Gasteiger partial charge >= 0.3 is 12.0 Å². The number of carbonyl (C=O) groups excluding carboxylic acids is 1. The summed E-state index contributed by atoms with van der Waals surface area (Å²) in [7, 11) is 0. The topological polar surface area (TPSA) is 78.9 Å². The molecule has 6 heteroatoms. The van der Waals surface area contributed by atoms with Crippen molar-refractivity contribution < 1.29 is 19.4 Å². The summed E-state index contributed by atoms with van der Waals surface area (Å²) < 4.78 is 5.52. The number of nitrogens with one attached hydrogen (secondary N) is 1. The number of ether oxygens (including phenoxy) is 1. The average Bonchev–Trinajstić information content (AvgIpc) is 2.86. The molecule has 0 spiro atoms. The second-order valence-corrected chi connectivity index (χ2v) is 4.86. The van der Waals surface area contributed by atoms with Crippen molar-refractivity contribution in [2.24, 2.45) is 0 Å². The van der Waals surface area contributed by atoms with Crippen molar-refractivity contribution >= 4 is 12.0 Å². The molecule has 2 saturated heterocycles. The van der Waals surface area contributed by atoms with E-state index in [-0.39, 0.29) is 12.1 Å². The van der Waals surface area contributed by atoms with E-state index in [4.69, 9.17) is 9.84 Å². The number of carbonyl (C=O) groups is 2. The molecule has 102 valence electrons. The van der Waals surface area contributed by atoms with E-state index >= 15 is 0 Å². The maximum absolute atomic E-state index is 11.9. The van der Waals surface area contributed by atoms with Gasteiger partial charge in [0.1, 0.15) is 6.04 Å². The lowest BCUT2D eigenvalue weighted by Crippen LogP contribution is -2.48. The maximum atomic E-state index is 11.9. The summed E-state index contributed by atoms with van der Waals surface area (Å²) in [5, 5.41) is 11.8. The first kappa shape index (κ1) is 13.1. The Hall–Kier alpha value is -1.30. The molecule has 2 fully saturated rings. The van der Waals surface area contributed by atoms with Crippen LogP contribution in [0.4, 0.5) is 4.79 Å². The molecule has 2 aliphatic heterocycles. The highest BCUT2D eigenvalue weighted by Crippen LogP contribution is 2.17. The van der Waals surface area contributed by atoms with Crippen LogP contribution in [0, 0.1) is 0 Å². The second kappa shape index (κ2) is 6.04. The van der Waals surface area contributed by atoms with Crippen molar-refractivity contribution in [3.63, 3.8) is 0 Å². The lowest BCUT2D eigenvalue weighted by Gasteiger charge is -2.26. The van der Waals surface area contributed by atoms with Gasteiger partial charge in [-0.1, -0.05) is 0 Å². The third kappa shape index (κ3) is 3.13. The molecule has 0 aliphatic carbocycles. The number of urea groups is 1. The van der Waals surface area contributed by atoms with Crippen LogP contribution in [0.25, 0.3) is 0 Å². The molecular formula is C12H20N2O4. The molecule has 0 radical (unpaired) electrons. The summed E-state index contributed by atoms with van der Waals surface area (Å²) in [6.07, 6.45) is 4.54. The third-order valence-corrected chi connectivity index (χ3v) is 3.55. The summed E-state index contributed by atoms with van der Waals surface area (Å²) in [6.45, 7) is 1.75. The van der Waals surface area contributed by atoms with E-state index in [9.17, 15) is 9.59 Å². The summed E-state index contributed by atoms with van der Waals surface area (Å²) >= 11 is 0. The number of hydrogen-bond donors (Lipinski definition) is 2. The SMILES string of the molecule is O=C(O)C1CCCN1C(=O)NCC1CCCCO1. The fourth-order valence-corrected chi connectivity index (χ4v) is 2.54. The molecule has 0 aromatic heterocycles. The highest BCUT2D eigenvalue weighted by Gasteiger charge is 2.34. The first-order valence-electron chi connectivity index (χ1n) is 6.57. The Balaban J connectivity index is 1.78.